The van der Waals surface area contributed by atoms with Gasteiger partial charge in [0, 0.05) is 23.1 Å². The quantitative estimate of drug-likeness (QED) is 0.0415. The fraction of sp³-hybridized carbons (Fsp3) is 0.617. The summed E-state index contributed by atoms with van der Waals surface area (Å²) in [4.78, 5) is 0. The van der Waals surface area contributed by atoms with Crippen molar-refractivity contribution in [1.82, 2.24) is 0 Å². The third-order valence-corrected chi connectivity index (χ3v) is 9.96. The Labute approximate surface area is 326 Å². The van der Waals surface area contributed by atoms with E-state index in [1.54, 1.807) is 0 Å². The Balaban J connectivity index is 0.000000916. The number of unbranched alkanes of at least 4 members (excludes halogenated alkanes) is 12. The normalized spacial score (nSPS) is 12.7. The van der Waals surface area contributed by atoms with Crippen molar-refractivity contribution in [3.8, 4) is 11.8 Å². The van der Waals surface area contributed by atoms with Gasteiger partial charge in [-0.1, -0.05) is 134 Å². The van der Waals surface area contributed by atoms with Crippen LogP contribution in [-0.4, -0.2) is 17.9 Å². The molecule has 0 fully saturated rings. The molecule has 0 saturated carbocycles. The molecule has 0 N–H and O–H groups in total. The van der Waals surface area contributed by atoms with Gasteiger partial charge in [-0.3, -0.25) is 0 Å². The number of allylic oxidation sites excluding steroid dienone is 2. The molecule has 0 unspecified atom stereocenters. The number of hydrogen-bond acceptors (Lipinski definition) is 2. The molecule has 2 aromatic rings. The van der Waals surface area contributed by atoms with E-state index < -0.39 is 0 Å². The predicted octanol–water partition coefficient (Wildman–Crippen LogP) is 14.4. The zero-order valence-electron chi connectivity index (χ0n) is 33.9. The van der Waals surface area contributed by atoms with Crippen LogP contribution in [0.4, 0.5) is 0 Å². The van der Waals surface area contributed by atoms with E-state index in [4.69, 9.17) is 7.76 Å². The van der Waals surface area contributed by atoms with Gasteiger partial charge in [-0.15, -0.1) is 0 Å². The van der Waals surface area contributed by atoms with Gasteiger partial charge < -0.3 is 5.53 Å². The van der Waals surface area contributed by atoms with Gasteiger partial charge in [-0.05, 0) is 80.3 Å². The van der Waals surface area contributed by atoms with Crippen LogP contribution in [0.1, 0.15) is 186 Å². The topological polar surface area (TPSA) is 43.8 Å². The first kappa shape index (κ1) is 45.7. The van der Waals surface area contributed by atoms with Crippen molar-refractivity contribution in [1.29, 1.82) is 0 Å². The average molecular weight is 756 g/mol. The van der Waals surface area contributed by atoms with Crippen LogP contribution in [0.3, 0.4) is 0 Å². The van der Waals surface area contributed by atoms with Gasteiger partial charge in [0.25, 0.3) is 0 Å². The van der Waals surface area contributed by atoms with E-state index in [-0.39, 0.29) is 0 Å². The summed E-state index contributed by atoms with van der Waals surface area (Å²) in [6.07, 6.45) is 24.8. The summed E-state index contributed by atoms with van der Waals surface area (Å²) in [5, 5.41) is 0. The van der Waals surface area contributed by atoms with Crippen LogP contribution in [0.2, 0.25) is 0 Å². The first-order valence-corrected chi connectivity index (χ1v) is 21.8. The zero-order chi connectivity index (χ0) is 37.7. The molecule has 292 valence electrons. The molecular formula is C47H72N2NiO2. The summed E-state index contributed by atoms with van der Waals surface area (Å²) in [5.74, 6) is 7.13. The summed E-state index contributed by atoms with van der Waals surface area (Å²) >= 11 is 0.942. The van der Waals surface area contributed by atoms with Crippen LogP contribution in [0.15, 0.2) is 59.7 Å². The number of hydrogen-bond donors (Lipinski definition) is 0. The van der Waals surface area contributed by atoms with Gasteiger partial charge >= 0.3 is 62.7 Å². The fourth-order valence-corrected chi connectivity index (χ4v) is 6.92. The standard InChI is InChI=1S/C41H58N2.2C3H7O.Ni/c1-5-9-13-15-17-19-21-28-39-38(27-12-8-4)40(36-31-29-34(30-32-36)24-20-18-16-14-10-6-2)43(42)41(39)37-26-22-25-35(33-37)23-11-7-3;2*1-2-3-4;/h22,25-26,29-33H,5-20,23-24,27H2,1-4H3;2*2-3H2,1H3;/q;2*-1;+2. The van der Waals surface area contributed by atoms with Crippen LogP contribution >= 0.6 is 0 Å². The van der Waals surface area contributed by atoms with E-state index >= 15 is 0 Å². The molecule has 0 aliphatic carbocycles. The molecule has 3 rings (SSSR count). The summed E-state index contributed by atoms with van der Waals surface area (Å²) < 4.78 is 11.5. The molecule has 2 aromatic carbocycles. The summed E-state index contributed by atoms with van der Waals surface area (Å²) in [7, 11) is 0. The first-order chi connectivity index (χ1) is 25.6. The first-order valence-electron chi connectivity index (χ1n) is 21.0. The Morgan fingerprint density at radius 1 is 0.558 bits per heavy atom. The van der Waals surface area contributed by atoms with Crippen molar-refractivity contribution in [2.45, 2.75) is 176 Å². The van der Waals surface area contributed by atoms with Crippen LogP contribution in [0.25, 0.3) is 16.9 Å². The molecule has 0 spiro atoms. The fourth-order valence-electron chi connectivity index (χ4n) is 6.27. The van der Waals surface area contributed by atoms with E-state index in [9.17, 15) is 5.53 Å². The molecular weight excluding hydrogens is 683 g/mol. The number of aryl methyl sites for hydroxylation is 2. The van der Waals surface area contributed by atoms with Crippen molar-refractivity contribution in [2.24, 2.45) is 0 Å². The van der Waals surface area contributed by atoms with Gasteiger partial charge in [0.2, 0.25) is 11.4 Å². The van der Waals surface area contributed by atoms with Crippen LogP contribution in [-0.2, 0) is 35.7 Å². The van der Waals surface area contributed by atoms with Gasteiger partial charge in [0.1, 0.15) is 5.57 Å². The van der Waals surface area contributed by atoms with Gasteiger partial charge in [0.15, 0.2) is 0 Å². The molecule has 1 aliphatic rings. The zero-order valence-corrected chi connectivity index (χ0v) is 34.9. The summed E-state index contributed by atoms with van der Waals surface area (Å²) in [6.45, 7) is 14.7. The Morgan fingerprint density at radius 2 is 1.13 bits per heavy atom. The Bertz CT molecular complexity index is 1380. The van der Waals surface area contributed by atoms with Crippen molar-refractivity contribution < 1.29 is 27.5 Å². The van der Waals surface area contributed by atoms with Gasteiger partial charge in [0.05, 0.1) is 0 Å². The van der Waals surface area contributed by atoms with Crippen molar-refractivity contribution in [3.63, 3.8) is 0 Å². The molecule has 0 aromatic heterocycles. The molecule has 4 nitrogen and oxygen atoms in total. The molecule has 52 heavy (non-hydrogen) atoms. The van der Waals surface area contributed by atoms with Crippen LogP contribution < -0.4 is 0 Å². The second kappa shape index (κ2) is 29.9. The molecule has 0 atom stereocenters. The average Bonchev–Trinajstić information content (AvgIpc) is 3.44. The molecule has 1 aliphatic heterocycles. The summed E-state index contributed by atoms with van der Waals surface area (Å²) in [5.41, 5.74) is 20.8. The van der Waals surface area contributed by atoms with E-state index in [1.165, 1.54) is 98.4 Å². The second-order valence-corrected chi connectivity index (χ2v) is 14.8. The van der Waals surface area contributed by atoms with Crippen LogP contribution in [0, 0.1) is 11.8 Å². The molecule has 0 radical (unpaired) electrons. The monoisotopic (exact) mass is 754 g/mol. The molecule has 1 heterocycles. The molecule has 0 amide bonds. The minimum absolute atomic E-state index is 0.781. The minimum atomic E-state index is 0.781. The Kier molecular flexibility index (Phi) is 26.2. The van der Waals surface area contributed by atoms with E-state index in [1.807, 2.05) is 0 Å². The molecule has 5 heteroatoms. The van der Waals surface area contributed by atoms with Crippen molar-refractivity contribution in [2.75, 3.05) is 13.2 Å². The Morgan fingerprint density at radius 3 is 1.77 bits per heavy atom. The van der Waals surface area contributed by atoms with Crippen molar-refractivity contribution in [3.05, 3.63) is 87.5 Å². The van der Waals surface area contributed by atoms with Gasteiger partial charge in [-0.25, -0.2) is 4.70 Å². The Hall–Kier alpha value is -2.51. The SMILES string of the molecule is CCCCCCCC#CC1=C(c2cccc(CCCC)c2)[N+](=[N-])C(c2ccc(CCCCCCCC)cc2)=C1CCCC.CCC[O][Ni][O]CCC. The number of rotatable bonds is 26. The second-order valence-electron chi connectivity index (χ2n) is 14.1. The molecule has 0 bridgehead atoms. The van der Waals surface area contributed by atoms with Crippen molar-refractivity contribution >= 4 is 11.4 Å². The van der Waals surface area contributed by atoms with Gasteiger partial charge in [-0.2, -0.15) is 0 Å². The molecule has 0 saturated heterocycles. The van der Waals surface area contributed by atoms with E-state index in [2.05, 4.69) is 102 Å². The van der Waals surface area contributed by atoms with E-state index in [0.29, 0.717) is 0 Å². The summed E-state index contributed by atoms with van der Waals surface area (Å²) in [6, 6.07) is 17.7. The van der Waals surface area contributed by atoms with E-state index in [0.717, 1.165) is 114 Å². The number of nitrogens with zero attached hydrogens (tertiary/aromatic N) is 2. The maximum atomic E-state index is 11.9. The predicted molar refractivity (Wildman–Crippen MR) is 219 cm³/mol. The third-order valence-electron chi connectivity index (χ3n) is 9.32. The number of benzene rings is 2. The van der Waals surface area contributed by atoms with Crippen LogP contribution in [0.5, 0.6) is 0 Å². The maximum absolute atomic E-state index is 11.9. The third kappa shape index (κ3) is 17.5.